The average molecular weight is 339 g/mol. The lowest BCUT2D eigenvalue weighted by molar-refractivity contribution is 0.0587. The lowest BCUT2D eigenvalue weighted by atomic mass is 9.89. The molecule has 0 radical (unpaired) electrons. The molecule has 1 N–H and O–H groups in total. The van der Waals surface area contributed by atoms with Crippen LogP contribution in [0.25, 0.3) is 0 Å². The van der Waals surface area contributed by atoms with E-state index in [4.69, 9.17) is 4.74 Å². The molecule has 2 saturated heterocycles. The number of hydrogen-bond donors (Lipinski definition) is 1. The van der Waals surface area contributed by atoms with Gasteiger partial charge in [-0.3, -0.25) is 4.90 Å². The van der Waals surface area contributed by atoms with Crippen LogP contribution in [-0.2, 0) is 16.3 Å². The van der Waals surface area contributed by atoms with Crippen molar-refractivity contribution in [1.82, 2.24) is 4.90 Å². The second-order valence-corrected chi connectivity index (χ2v) is 8.90. The van der Waals surface area contributed by atoms with E-state index in [1.165, 1.54) is 5.56 Å². The molecule has 2 heterocycles. The summed E-state index contributed by atoms with van der Waals surface area (Å²) in [5.74, 6) is 1.52. The minimum atomic E-state index is -3.07. The second kappa shape index (κ2) is 6.79. The summed E-state index contributed by atoms with van der Waals surface area (Å²) in [5.41, 5.74) is 1.31. The molecule has 2 aliphatic rings. The van der Waals surface area contributed by atoms with Crippen molar-refractivity contribution in [3.05, 3.63) is 29.8 Å². The molecule has 1 aromatic carbocycles. The van der Waals surface area contributed by atoms with Gasteiger partial charge in [-0.2, -0.15) is 0 Å². The van der Waals surface area contributed by atoms with Gasteiger partial charge in [-0.05, 0) is 56.0 Å². The maximum Gasteiger partial charge on any atom is 0.154 e. The maximum absolute atomic E-state index is 11.7. The Balaban J connectivity index is 1.52. The number of benzene rings is 1. The number of ether oxygens (including phenoxy) is 1. The predicted molar refractivity (Wildman–Crippen MR) is 89.4 cm³/mol. The van der Waals surface area contributed by atoms with Gasteiger partial charge >= 0.3 is 0 Å². The SMILES string of the molecule is COc1ccc(CC2CCN([C@H]3CS(=O)(=O)C[C@@H]3O)CC2)cc1. The maximum atomic E-state index is 11.7. The Morgan fingerprint density at radius 1 is 1.17 bits per heavy atom. The van der Waals surface area contributed by atoms with E-state index in [1.54, 1.807) is 7.11 Å². The quantitative estimate of drug-likeness (QED) is 0.890. The molecule has 0 bridgehead atoms. The summed E-state index contributed by atoms with van der Waals surface area (Å²) in [4.78, 5) is 2.17. The molecule has 0 unspecified atom stereocenters. The smallest absolute Gasteiger partial charge is 0.154 e. The molecule has 2 aliphatic heterocycles. The van der Waals surface area contributed by atoms with Crippen molar-refractivity contribution in [2.75, 3.05) is 31.7 Å². The molecule has 2 atom stereocenters. The van der Waals surface area contributed by atoms with Crippen molar-refractivity contribution in [3.63, 3.8) is 0 Å². The molecule has 6 heteroatoms. The largest absolute Gasteiger partial charge is 0.497 e. The molecular weight excluding hydrogens is 314 g/mol. The van der Waals surface area contributed by atoms with E-state index in [9.17, 15) is 13.5 Å². The summed E-state index contributed by atoms with van der Waals surface area (Å²) in [5, 5.41) is 9.99. The van der Waals surface area contributed by atoms with Crippen LogP contribution in [-0.4, -0.2) is 62.3 Å². The Kier molecular flexibility index (Phi) is 4.94. The Labute approximate surface area is 138 Å². The third kappa shape index (κ3) is 4.05. The van der Waals surface area contributed by atoms with Crippen LogP contribution in [0.4, 0.5) is 0 Å². The second-order valence-electron chi connectivity index (χ2n) is 6.74. The minimum Gasteiger partial charge on any atom is -0.497 e. The van der Waals surface area contributed by atoms with Gasteiger partial charge in [0, 0.05) is 0 Å². The monoisotopic (exact) mass is 339 g/mol. The Morgan fingerprint density at radius 3 is 2.35 bits per heavy atom. The zero-order valence-corrected chi connectivity index (χ0v) is 14.3. The number of aliphatic hydroxyl groups is 1. The number of methoxy groups -OCH3 is 1. The minimum absolute atomic E-state index is 0.0799. The van der Waals surface area contributed by atoms with Gasteiger partial charge in [0.2, 0.25) is 0 Å². The van der Waals surface area contributed by atoms with Gasteiger partial charge in [-0.15, -0.1) is 0 Å². The third-order valence-corrected chi connectivity index (χ3v) is 6.79. The first-order chi connectivity index (χ1) is 11.0. The number of sulfone groups is 1. The van der Waals surface area contributed by atoms with Gasteiger partial charge in [0.1, 0.15) is 5.75 Å². The van der Waals surface area contributed by atoms with Crippen LogP contribution >= 0.6 is 0 Å². The van der Waals surface area contributed by atoms with E-state index in [1.807, 2.05) is 12.1 Å². The molecule has 2 fully saturated rings. The molecule has 5 nitrogen and oxygen atoms in total. The van der Waals surface area contributed by atoms with Crippen LogP contribution in [0, 0.1) is 5.92 Å². The molecule has 0 aromatic heterocycles. The highest BCUT2D eigenvalue weighted by Gasteiger charge is 2.40. The van der Waals surface area contributed by atoms with Gasteiger partial charge in [-0.25, -0.2) is 8.42 Å². The number of aliphatic hydroxyl groups excluding tert-OH is 1. The highest BCUT2D eigenvalue weighted by Crippen LogP contribution is 2.27. The lowest BCUT2D eigenvalue weighted by Gasteiger charge is -2.36. The van der Waals surface area contributed by atoms with Crippen molar-refractivity contribution in [2.24, 2.45) is 5.92 Å². The summed E-state index contributed by atoms with van der Waals surface area (Å²) in [6.07, 6.45) is 2.42. The Bertz CT molecular complexity index is 620. The topological polar surface area (TPSA) is 66.8 Å². The zero-order valence-electron chi connectivity index (χ0n) is 13.5. The van der Waals surface area contributed by atoms with E-state index in [0.717, 1.165) is 38.1 Å². The highest BCUT2D eigenvalue weighted by atomic mass is 32.2. The molecular formula is C17H25NO4S. The summed E-state index contributed by atoms with van der Waals surface area (Å²) in [6, 6.07) is 7.99. The molecule has 0 aliphatic carbocycles. The van der Waals surface area contributed by atoms with E-state index in [-0.39, 0.29) is 17.5 Å². The van der Waals surface area contributed by atoms with E-state index in [2.05, 4.69) is 17.0 Å². The number of rotatable bonds is 4. The fourth-order valence-corrected chi connectivity index (χ4v) is 5.57. The summed E-state index contributed by atoms with van der Waals surface area (Å²) in [6.45, 7) is 1.75. The van der Waals surface area contributed by atoms with Crippen molar-refractivity contribution < 1.29 is 18.3 Å². The number of likely N-dealkylation sites (tertiary alicyclic amines) is 1. The summed E-state index contributed by atoms with van der Waals surface area (Å²) < 4.78 is 28.5. The fraction of sp³-hybridized carbons (Fsp3) is 0.647. The standard InChI is InChI=1S/C17H25NO4S/c1-22-15-4-2-13(3-5-15)10-14-6-8-18(9-7-14)16-11-23(20,21)12-17(16)19/h2-5,14,16-17,19H,6-12H2,1H3/t16-,17-/m0/s1. The van der Waals surface area contributed by atoms with Crippen molar-refractivity contribution in [1.29, 1.82) is 0 Å². The van der Waals surface area contributed by atoms with E-state index >= 15 is 0 Å². The van der Waals surface area contributed by atoms with Crippen LogP contribution in [0.15, 0.2) is 24.3 Å². The Morgan fingerprint density at radius 2 is 1.83 bits per heavy atom. The zero-order chi connectivity index (χ0) is 16.4. The predicted octanol–water partition coefficient (Wildman–Crippen LogP) is 1.11. The van der Waals surface area contributed by atoms with Crippen molar-refractivity contribution in [2.45, 2.75) is 31.4 Å². The van der Waals surface area contributed by atoms with Crippen molar-refractivity contribution >= 4 is 9.84 Å². The van der Waals surface area contributed by atoms with Gasteiger partial charge < -0.3 is 9.84 Å². The molecule has 1 aromatic rings. The van der Waals surface area contributed by atoms with Gasteiger partial charge in [-0.1, -0.05) is 12.1 Å². The van der Waals surface area contributed by atoms with E-state index < -0.39 is 15.9 Å². The van der Waals surface area contributed by atoms with Crippen LogP contribution in [0.2, 0.25) is 0 Å². The van der Waals surface area contributed by atoms with Gasteiger partial charge in [0.25, 0.3) is 0 Å². The van der Waals surface area contributed by atoms with Gasteiger partial charge in [0.05, 0.1) is 30.8 Å². The lowest BCUT2D eigenvalue weighted by Crippen LogP contribution is -2.47. The van der Waals surface area contributed by atoms with Crippen LogP contribution < -0.4 is 4.74 Å². The molecule has 128 valence electrons. The molecule has 0 amide bonds. The number of nitrogens with zero attached hydrogens (tertiary/aromatic N) is 1. The highest BCUT2D eigenvalue weighted by molar-refractivity contribution is 7.91. The molecule has 3 rings (SSSR count). The number of piperidine rings is 1. The Hall–Kier alpha value is -1.11. The summed E-state index contributed by atoms with van der Waals surface area (Å²) >= 11 is 0. The molecule has 0 spiro atoms. The van der Waals surface area contributed by atoms with Gasteiger partial charge in [0.15, 0.2) is 9.84 Å². The first-order valence-corrected chi connectivity index (χ1v) is 10.0. The molecule has 0 saturated carbocycles. The average Bonchev–Trinajstić information content (AvgIpc) is 2.82. The van der Waals surface area contributed by atoms with Crippen molar-refractivity contribution in [3.8, 4) is 5.75 Å². The summed E-state index contributed by atoms with van der Waals surface area (Å²) in [7, 11) is -1.40. The number of hydrogen-bond acceptors (Lipinski definition) is 5. The molecule has 23 heavy (non-hydrogen) atoms. The normalized spacial score (nSPS) is 28.8. The third-order valence-electron chi connectivity index (χ3n) is 5.10. The first-order valence-electron chi connectivity index (χ1n) is 8.22. The van der Waals surface area contributed by atoms with Crippen LogP contribution in [0.5, 0.6) is 5.75 Å². The van der Waals surface area contributed by atoms with Crippen LogP contribution in [0.1, 0.15) is 18.4 Å². The van der Waals surface area contributed by atoms with E-state index in [0.29, 0.717) is 5.92 Å². The van der Waals surface area contributed by atoms with Crippen LogP contribution in [0.3, 0.4) is 0 Å². The first kappa shape index (κ1) is 16.7. The fourth-order valence-electron chi connectivity index (χ4n) is 3.74.